The predicted molar refractivity (Wildman–Crippen MR) is 36.5 cm³/mol. The summed E-state index contributed by atoms with van der Waals surface area (Å²) < 4.78 is 36.5. The molecule has 5 heteroatoms. The van der Waals surface area contributed by atoms with Gasteiger partial charge in [0.05, 0.1) is 11.1 Å². The Bertz CT molecular complexity index is 407. The molecule has 2 nitrogen and oxygen atoms in total. The number of carbonyl (C=O) groups is 1. The second-order valence-electron chi connectivity index (χ2n) is 2.74. The number of carbonyl (C=O) groups excluding carboxylic acids is 1. The Kier molecular flexibility index (Phi) is 1.27. The van der Waals surface area contributed by atoms with Gasteiger partial charge in [0.15, 0.2) is 5.78 Å². The first-order valence-electron chi connectivity index (χ1n) is 3.40. The van der Waals surface area contributed by atoms with Gasteiger partial charge in [-0.05, 0) is 12.1 Å². The maximum Gasteiger partial charge on any atom is 0.417 e. The molecule has 0 amide bonds. The van der Waals surface area contributed by atoms with Crippen molar-refractivity contribution in [3.63, 3.8) is 0 Å². The number of phenols is 1. The zero-order chi connectivity index (χ0) is 9.80. The van der Waals surface area contributed by atoms with Crippen LogP contribution in [0.15, 0.2) is 12.1 Å². The molecule has 0 saturated heterocycles. The third-order valence-electron chi connectivity index (χ3n) is 1.93. The maximum atomic E-state index is 12.2. The normalized spacial score (nSPS) is 14.2. The number of benzene rings is 1. The van der Waals surface area contributed by atoms with Gasteiger partial charge in [-0.15, -0.1) is 0 Å². The number of rotatable bonds is 0. The van der Waals surface area contributed by atoms with Crippen molar-refractivity contribution >= 4 is 5.78 Å². The first kappa shape index (κ1) is 8.10. The molecule has 13 heavy (non-hydrogen) atoms. The Labute approximate surface area is 70.6 Å². The molecule has 0 atom stereocenters. The molecular formula is C8H3F3O2. The summed E-state index contributed by atoms with van der Waals surface area (Å²) in [7, 11) is 0. The lowest BCUT2D eigenvalue weighted by molar-refractivity contribution is -0.138. The Balaban J connectivity index is 2.65. The van der Waals surface area contributed by atoms with Crippen molar-refractivity contribution < 1.29 is 23.1 Å². The molecular weight excluding hydrogens is 185 g/mol. The van der Waals surface area contributed by atoms with E-state index in [9.17, 15) is 18.0 Å². The van der Waals surface area contributed by atoms with Crippen LogP contribution in [-0.4, -0.2) is 10.9 Å². The number of phenolic OH excluding ortho intramolecular Hbond substituents is 1. The van der Waals surface area contributed by atoms with Crippen molar-refractivity contribution in [3.8, 4) is 5.75 Å². The molecule has 2 aliphatic rings. The first-order valence-corrected chi connectivity index (χ1v) is 3.40. The minimum absolute atomic E-state index is 0.0389. The van der Waals surface area contributed by atoms with E-state index in [1.165, 1.54) is 0 Å². The molecule has 0 unspecified atom stereocenters. The van der Waals surface area contributed by atoms with Crippen LogP contribution in [0, 0.1) is 0 Å². The number of fused-ring (bicyclic) bond motifs is 2. The van der Waals surface area contributed by atoms with Gasteiger partial charge < -0.3 is 5.11 Å². The fraction of sp³-hybridized carbons (Fsp3) is 0.125. The van der Waals surface area contributed by atoms with Crippen molar-refractivity contribution in [2.24, 2.45) is 0 Å². The van der Waals surface area contributed by atoms with Gasteiger partial charge in [-0.25, -0.2) is 0 Å². The van der Waals surface area contributed by atoms with Crippen LogP contribution < -0.4 is 0 Å². The van der Waals surface area contributed by atoms with Gasteiger partial charge in [-0.3, -0.25) is 4.79 Å². The molecule has 0 radical (unpaired) electrons. The number of alkyl halides is 3. The number of hydrogen-bond donors (Lipinski definition) is 1. The van der Waals surface area contributed by atoms with Gasteiger partial charge in [-0.2, -0.15) is 13.2 Å². The average molecular weight is 188 g/mol. The lowest BCUT2D eigenvalue weighted by Crippen LogP contribution is -2.21. The lowest BCUT2D eigenvalue weighted by Gasteiger charge is -2.20. The minimum Gasteiger partial charge on any atom is -0.507 e. The Morgan fingerprint density at radius 2 is 1.77 bits per heavy atom. The largest absolute Gasteiger partial charge is 0.507 e. The highest BCUT2D eigenvalue weighted by molar-refractivity contribution is 6.19. The Morgan fingerprint density at radius 1 is 1.15 bits per heavy atom. The summed E-state index contributed by atoms with van der Waals surface area (Å²) in [4.78, 5) is 10.9. The molecule has 0 aliphatic heterocycles. The zero-order valence-electron chi connectivity index (χ0n) is 6.14. The molecule has 0 spiro atoms. The summed E-state index contributed by atoms with van der Waals surface area (Å²) in [6.07, 6.45) is -4.58. The summed E-state index contributed by atoms with van der Waals surface area (Å²) in [5.41, 5.74) is -1.46. The summed E-state index contributed by atoms with van der Waals surface area (Å²) >= 11 is 0. The van der Waals surface area contributed by atoms with E-state index < -0.39 is 23.3 Å². The highest BCUT2D eigenvalue weighted by atomic mass is 19.4. The van der Waals surface area contributed by atoms with E-state index in [4.69, 9.17) is 5.11 Å². The lowest BCUT2D eigenvalue weighted by atomic mass is 9.86. The van der Waals surface area contributed by atoms with Crippen molar-refractivity contribution in [2.45, 2.75) is 6.18 Å². The highest BCUT2D eigenvalue weighted by Crippen LogP contribution is 2.41. The Morgan fingerprint density at radius 3 is 2.15 bits per heavy atom. The van der Waals surface area contributed by atoms with Crippen LogP contribution in [0.5, 0.6) is 5.75 Å². The zero-order valence-corrected chi connectivity index (χ0v) is 6.14. The van der Waals surface area contributed by atoms with Crippen LogP contribution in [-0.2, 0) is 6.18 Å². The average Bonchev–Trinajstić information content (AvgIpc) is 2.00. The van der Waals surface area contributed by atoms with Crippen molar-refractivity contribution in [1.29, 1.82) is 0 Å². The van der Waals surface area contributed by atoms with Gasteiger partial charge >= 0.3 is 6.18 Å². The summed E-state index contributed by atoms with van der Waals surface area (Å²) in [6.45, 7) is 0. The molecule has 0 aromatic heterocycles. The van der Waals surface area contributed by atoms with E-state index in [1.54, 1.807) is 0 Å². The first-order chi connectivity index (χ1) is 5.91. The van der Waals surface area contributed by atoms with E-state index in [2.05, 4.69) is 0 Å². The second-order valence-corrected chi connectivity index (χ2v) is 2.74. The van der Waals surface area contributed by atoms with Crippen molar-refractivity contribution in [2.75, 3.05) is 0 Å². The molecule has 1 aromatic rings. The third-order valence-corrected chi connectivity index (χ3v) is 1.93. The molecule has 1 N–H and O–H groups in total. The fourth-order valence-corrected chi connectivity index (χ4v) is 1.26. The molecule has 0 saturated carbocycles. The summed E-state index contributed by atoms with van der Waals surface area (Å²) in [6, 6.07) is 1.62. The fourth-order valence-electron chi connectivity index (χ4n) is 1.26. The monoisotopic (exact) mass is 188 g/mol. The van der Waals surface area contributed by atoms with Gasteiger partial charge in [-0.1, -0.05) is 0 Å². The SMILES string of the molecule is O=C1c2cc1c(C(F)(F)F)cc2O. The second kappa shape index (κ2) is 2.04. The van der Waals surface area contributed by atoms with Gasteiger partial charge in [0.1, 0.15) is 5.75 Å². The molecule has 2 aliphatic carbocycles. The van der Waals surface area contributed by atoms with Crippen LogP contribution in [0.25, 0.3) is 0 Å². The van der Waals surface area contributed by atoms with E-state index in [0.717, 1.165) is 6.07 Å². The van der Waals surface area contributed by atoms with E-state index in [1.807, 2.05) is 0 Å². The smallest absolute Gasteiger partial charge is 0.417 e. The standard InChI is InChI=1S/C8H3F3O2/c9-8(10,11)5-2-6(12)4-1-3(5)7(4)13/h1-2,12H. The molecule has 0 fully saturated rings. The number of halogens is 3. The van der Waals surface area contributed by atoms with E-state index >= 15 is 0 Å². The maximum absolute atomic E-state index is 12.2. The molecule has 1 aromatic carbocycles. The number of aromatic hydroxyl groups is 1. The summed E-state index contributed by atoms with van der Waals surface area (Å²) in [5, 5.41) is 8.96. The van der Waals surface area contributed by atoms with Gasteiger partial charge in [0.2, 0.25) is 0 Å². The quantitative estimate of drug-likeness (QED) is 0.686. The van der Waals surface area contributed by atoms with Gasteiger partial charge in [0, 0.05) is 5.56 Å². The molecule has 3 rings (SSSR count). The van der Waals surface area contributed by atoms with Crippen molar-refractivity contribution in [1.82, 2.24) is 0 Å². The number of hydrogen-bond acceptors (Lipinski definition) is 2. The van der Waals surface area contributed by atoms with Crippen molar-refractivity contribution in [3.05, 3.63) is 28.8 Å². The summed E-state index contributed by atoms with van der Waals surface area (Å²) in [5.74, 6) is -1.33. The highest BCUT2D eigenvalue weighted by Gasteiger charge is 2.41. The van der Waals surface area contributed by atoms with Crippen LogP contribution >= 0.6 is 0 Å². The van der Waals surface area contributed by atoms with Crippen LogP contribution in [0.1, 0.15) is 21.5 Å². The Hall–Kier alpha value is -1.52. The molecule has 68 valence electrons. The minimum atomic E-state index is -4.58. The molecule has 2 bridgehead atoms. The van der Waals surface area contributed by atoms with Crippen LogP contribution in [0.3, 0.4) is 0 Å². The third kappa shape index (κ3) is 0.929. The predicted octanol–water partition coefficient (Wildman–Crippen LogP) is 1.96. The molecule has 0 heterocycles. The van der Waals surface area contributed by atoms with Gasteiger partial charge in [0.25, 0.3) is 0 Å². The number of ketones is 1. The van der Waals surface area contributed by atoms with E-state index in [-0.39, 0.29) is 11.1 Å². The van der Waals surface area contributed by atoms with Crippen LogP contribution in [0.4, 0.5) is 13.2 Å². The topological polar surface area (TPSA) is 37.3 Å². The van der Waals surface area contributed by atoms with Crippen LogP contribution in [0.2, 0.25) is 0 Å². The van der Waals surface area contributed by atoms with E-state index in [0.29, 0.717) is 6.07 Å².